The van der Waals surface area contributed by atoms with Crippen LogP contribution >= 0.6 is 0 Å². The number of hydrogen-bond donors (Lipinski definition) is 2. The zero-order valence-electron chi connectivity index (χ0n) is 6.55. The molecule has 1 amide bonds. The molecule has 0 aromatic rings. The van der Waals surface area contributed by atoms with Crippen molar-refractivity contribution in [3.8, 4) is 0 Å². The molecule has 0 aliphatic heterocycles. The van der Waals surface area contributed by atoms with E-state index in [1.807, 2.05) is 13.8 Å². The summed E-state index contributed by atoms with van der Waals surface area (Å²) in [6.07, 6.45) is -0.0114. The van der Waals surface area contributed by atoms with Crippen molar-refractivity contribution >= 4 is 5.91 Å². The van der Waals surface area contributed by atoms with Crippen LogP contribution in [-0.2, 0) is 9.63 Å². The molecule has 60 valence electrons. The smallest absolute Gasteiger partial charge is 0.260 e. The fourth-order valence-electron chi connectivity index (χ4n) is 0.269. The minimum Gasteiger partial charge on any atom is -0.320 e. The van der Waals surface area contributed by atoms with Crippen LogP contribution in [0.5, 0.6) is 0 Å². The van der Waals surface area contributed by atoms with E-state index in [9.17, 15) is 4.79 Å². The molecule has 0 fully saturated rings. The van der Waals surface area contributed by atoms with Crippen molar-refractivity contribution in [1.82, 2.24) is 5.48 Å². The molecule has 0 spiro atoms. The van der Waals surface area contributed by atoms with E-state index in [2.05, 4.69) is 5.48 Å². The lowest BCUT2D eigenvalue weighted by atomic mass is 10.4. The number of hydroxylamine groups is 1. The van der Waals surface area contributed by atoms with Crippen molar-refractivity contribution in [3.63, 3.8) is 0 Å². The molecule has 4 heteroatoms. The molecule has 0 radical (unpaired) electrons. The molecule has 0 saturated carbocycles. The summed E-state index contributed by atoms with van der Waals surface area (Å²) >= 11 is 0. The molecule has 0 aliphatic rings. The van der Waals surface area contributed by atoms with Crippen LogP contribution in [-0.4, -0.2) is 18.1 Å². The zero-order chi connectivity index (χ0) is 8.15. The summed E-state index contributed by atoms with van der Waals surface area (Å²) in [4.78, 5) is 15.5. The summed E-state index contributed by atoms with van der Waals surface area (Å²) in [5, 5.41) is 0. The van der Waals surface area contributed by atoms with Crippen molar-refractivity contribution in [2.45, 2.75) is 32.9 Å². The first-order chi connectivity index (χ1) is 4.54. The van der Waals surface area contributed by atoms with E-state index in [4.69, 9.17) is 10.6 Å². The Balaban J connectivity index is 3.40. The van der Waals surface area contributed by atoms with Gasteiger partial charge in [-0.05, 0) is 20.8 Å². The maximum atomic E-state index is 10.7. The van der Waals surface area contributed by atoms with E-state index in [-0.39, 0.29) is 12.0 Å². The van der Waals surface area contributed by atoms with E-state index < -0.39 is 6.04 Å². The molecule has 0 aromatic carbocycles. The molecule has 0 bridgehead atoms. The van der Waals surface area contributed by atoms with Crippen LogP contribution in [0.4, 0.5) is 0 Å². The van der Waals surface area contributed by atoms with E-state index in [1.165, 1.54) is 0 Å². The largest absolute Gasteiger partial charge is 0.320 e. The van der Waals surface area contributed by atoms with Gasteiger partial charge in [0, 0.05) is 0 Å². The number of amides is 1. The van der Waals surface area contributed by atoms with Crippen LogP contribution in [0.3, 0.4) is 0 Å². The van der Waals surface area contributed by atoms with Crippen LogP contribution < -0.4 is 11.2 Å². The highest BCUT2D eigenvalue weighted by Crippen LogP contribution is 1.83. The summed E-state index contributed by atoms with van der Waals surface area (Å²) in [5.41, 5.74) is 7.45. The van der Waals surface area contributed by atoms with Crippen molar-refractivity contribution in [3.05, 3.63) is 0 Å². The normalized spacial score (nSPS) is 13.3. The van der Waals surface area contributed by atoms with Crippen LogP contribution in [0.15, 0.2) is 0 Å². The highest BCUT2D eigenvalue weighted by Gasteiger charge is 2.06. The van der Waals surface area contributed by atoms with Gasteiger partial charge in [0.2, 0.25) is 0 Å². The molecule has 3 N–H and O–H groups in total. The van der Waals surface area contributed by atoms with Gasteiger partial charge >= 0.3 is 0 Å². The standard InChI is InChI=1S/C6H14N2O2/c1-4(2)10-8-6(9)5(3)7/h4-5H,7H2,1-3H3,(H,8,9)/t5-/m1/s1. The third-order valence-corrected chi connectivity index (χ3v) is 0.809. The number of carbonyl (C=O) groups is 1. The quantitative estimate of drug-likeness (QED) is 0.541. The summed E-state index contributed by atoms with van der Waals surface area (Å²) in [6.45, 7) is 5.24. The first-order valence-corrected chi connectivity index (χ1v) is 3.25. The zero-order valence-corrected chi connectivity index (χ0v) is 6.55. The molecular formula is C6H14N2O2. The monoisotopic (exact) mass is 146 g/mol. The summed E-state index contributed by atoms with van der Waals surface area (Å²) in [6, 6.07) is -0.515. The van der Waals surface area contributed by atoms with E-state index in [0.29, 0.717) is 0 Å². The maximum absolute atomic E-state index is 10.7. The second-order valence-corrected chi connectivity index (χ2v) is 2.42. The van der Waals surface area contributed by atoms with Gasteiger partial charge in [-0.2, -0.15) is 0 Å². The first kappa shape index (κ1) is 9.39. The Morgan fingerprint density at radius 3 is 2.30 bits per heavy atom. The Morgan fingerprint density at radius 1 is 1.50 bits per heavy atom. The molecule has 4 nitrogen and oxygen atoms in total. The van der Waals surface area contributed by atoms with E-state index in [1.54, 1.807) is 6.92 Å². The maximum Gasteiger partial charge on any atom is 0.260 e. The summed E-state index contributed by atoms with van der Waals surface area (Å²) in [7, 11) is 0. The molecule has 0 aromatic heterocycles. The molecule has 0 unspecified atom stereocenters. The Labute approximate surface area is 60.7 Å². The van der Waals surface area contributed by atoms with Crippen LogP contribution in [0.2, 0.25) is 0 Å². The molecule has 0 aliphatic carbocycles. The average molecular weight is 146 g/mol. The molecule has 10 heavy (non-hydrogen) atoms. The van der Waals surface area contributed by atoms with Gasteiger partial charge in [0.25, 0.3) is 5.91 Å². The summed E-state index contributed by atoms with van der Waals surface area (Å²) < 4.78 is 0. The van der Waals surface area contributed by atoms with Crippen molar-refractivity contribution in [1.29, 1.82) is 0 Å². The van der Waals surface area contributed by atoms with Gasteiger partial charge in [-0.1, -0.05) is 0 Å². The van der Waals surface area contributed by atoms with Gasteiger partial charge in [-0.15, -0.1) is 0 Å². The second-order valence-electron chi connectivity index (χ2n) is 2.42. The minimum absolute atomic E-state index is 0.0114. The fourth-order valence-corrected chi connectivity index (χ4v) is 0.269. The third-order valence-electron chi connectivity index (χ3n) is 0.809. The second kappa shape index (κ2) is 4.24. The van der Waals surface area contributed by atoms with Gasteiger partial charge in [-0.25, -0.2) is 5.48 Å². The molecule has 1 atom stereocenters. The van der Waals surface area contributed by atoms with Crippen molar-refractivity contribution in [2.24, 2.45) is 5.73 Å². The predicted molar refractivity (Wildman–Crippen MR) is 38.0 cm³/mol. The number of hydrogen-bond acceptors (Lipinski definition) is 3. The number of carbonyl (C=O) groups excluding carboxylic acids is 1. The van der Waals surface area contributed by atoms with Gasteiger partial charge < -0.3 is 5.73 Å². The van der Waals surface area contributed by atoms with Crippen molar-refractivity contribution < 1.29 is 9.63 Å². The molecular weight excluding hydrogens is 132 g/mol. The Kier molecular flexibility index (Phi) is 3.99. The van der Waals surface area contributed by atoms with Crippen LogP contribution in [0.25, 0.3) is 0 Å². The van der Waals surface area contributed by atoms with Gasteiger partial charge in [0.15, 0.2) is 0 Å². The molecule has 0 heterocycles. The van der Waals surface area contributed by atoms with Gasteiger partial charge in [-0.3, -0.25) is 9.63 Å². The average Bonchev–Trinajstić information content (AvgIpc) is 1.82. The highest BCUT2D eigenvalue weighted by molar-refractivity contribution is 5.79. The van der Waals surface area contributed by atoms with E-state index >= 15 is 0 Å². The lowest BCUT2D eigenvalue weighted by molar-refractivity contribution is -0.137. The highest BCUT2D eigenvalue weighted by atomic mass is 16.7. The van der Waals surface area contributed by atoms with Crippen molar-refractivity contribution in [2.75, 3.05) is 0 Å². The predicted octanol–water partition coefficient (Wildman–Crippen LogP) is -0.210. The van der Waals surface area contributed by atoms with Crippen LogP contribution in [0.1, 0.15) is 20.8 Å². The van der Waals surface area contributed by atoms with E-state index in [0.717, 1.165) is 0 Å². The Morgan fingerprint density at radius 2 is 2.00 bits per heavy atom. The van der Waals surface area contributed by atoms with Gasteiger partial charge in [0.1, 0.15) is 0 Å². The Hall–Kier alpha value is -0.610. The molecule has 0 rings (SSSR count). The van der Waals surface area contributed by atoms with Crippen LogP contribution in [0, 0.1) is 0 Å². The lowest BCUT2D eigenvalue weighted by Gasteiger charge is -2.09. The minimum atomic E-state index is -0.515. The fraction of sp³-hybridized carbons (Fsp3) is 0.833. The van der Waals surface area contributed by atoms with Gasteiger partial charge in [0.05, 0.1) is 12.1 Å². The topological polar surface area (TPSA) is 64.3 Å². The molecule has 0 saturated heterocycles. The summed E-state index contributed by atoms with van der Waals surface area (Å²) in [5.74, 6) is -0.297. The number of nitrogens with one attached hydrogen (secondary N) is 1. The lowest BCUT2D eigenvalue weighted by Crippen LogP contribution is -2.39. The SMILES string of the molecule is CC(C)ONC(=O)[C@@H](C)N. The number of nitrogens with two attached hydrogens (primary N) is 1. The first-order valence-electron chi connectivity index (χ1n) is 3.25. The Bertz CT molecular complexity index is 112. The third kappa shape index (κ3) is 4.29. The number of rotatable bonds is 3.